The molecule has 1 heterocycles. The average molecular weight is 324 g/mol. The third-order valence-electron chi connectivity index (χ3n) is 2.58. The Bertz CT molecular complexity index is 714. The molecule has 1 aromatic heterocycles. The lowest BCUT2D eigenvalue weighted by Crippen LogP contribution is -2.21. The normalized spacial score (nSPS) is 10.0. The smallest absolute Gasteiger partial charge is 0.355 e. The van der Waals surface area contributed by atoms with Gasteiger partial charge in [-0.05, 0) is 24.3 Å². The Morgan fingerprint density at radius 2 is 2.14 bits per heavy atom. The molecule has 0 fully saturated rings. The highest BCUT2D eigenvalue weighted by Crippen LogP contribution is 2.27. The Morgan fingerprint density at radius 3 is 2.77 bits per heavy atom. The van der Waals surface area contributed by atoms with Crippen LogP contribution in [0.25, 0.3) is 0 Å². The van der Waals surface area contributed by atoms with Gasteiger partial charge in [0, 0.05) is 18.0 Å². The van der Waals surface area contributed by atoms with Crippen molar-refractivity contribution in [3.63, 3.8) is 0 Å². The average Bonchev–Trinajstić information content (AvgIpc) is 3.01. The number of H-pyrrole nitrogens is 1. The molecule has 0 spiro atoms. The van der Waals surface area contributed by atoms with Crippen molar-refractivity contribution in [3.05, 3.63) is 57.4 Å². The predicted octanol–water partition coefficient (Wildman–Crippen LogP) is 2.37. The molecule has 1 aromatic carbocycles. The summed E-state index contributed by atoms with van der Waals surface area (Å²) in [5.74, 6) is -1.31. The van der Waals surface area contributed by atoms with Crippen molar-refractivity contribution in [1.82, 2.24) is 4.98 Å². The van der Waals surface area contributed by atoms with E-state index in [1.165, 1.54) is 18.2 Å². The lowest BCUT2D eigenvalue weighted by atomic mass is 10.3. The first-order valence-corrected chi connectivity index (χ1v) is 6.39. The van der Waals surface area contributed by atoms with Gasteiger partial charge in [0.25, 0.3) is 11.6 Å². The van der Waals surface area contributed by atoms with Gasteiger partial charge in [0.15, 0.2) is 6.61 Å². The number of nitrogens with zero attached hydrogens (tertiary/aromatic N) is 1. The van der Waals surface area contributed by atoms with Crippen molar-refractivity contribution < 1.29 is 19.2 Å². The largest absolute Gasteiger partial charge is 0.451 e. The number of hydrogen-bond donors (Lipinski definition) is 2. The number of benzene rings is 1. The van der Waals surface area contributed by atoms with Crippen LogP contribution >= 0.6 is 11.6 Å². The van der Waals surface area contributed by atoms with Crippen molar-refractivity contribution in [2.45, 2.75) is 0 Å². The van der Waals surface area contributed by atoms with E-state index in [0.29, 0.717) is 0 Å². The molecule has 0 saturated heterocycles. The first-order chi connectivity index (χ1) is 10.5. The summed E-state index contributed by atoms with van der Waals surface area (Å²) < 4.78 is 4.78. The summed E-state index contributed by atoms with van der Waals surface area (Å²) in [6.45, 7) is -0.520. The number of esters is 1. The second-order valence-corrected chi connectivity index (χ2v) is 4.54. The van der Waals surface area contributed by atoms with Crippen LogP contribution in [-0.4, -0.2) is 28.4 Å². The maximum Gasteiger partial charge on any atom is 0.355 e. The number of carbonyl (C=O) groups is 2. The number of carbonyl (C=O) groups excluding carboxylic acids is 2. The number of aromatic amines is 1. The third kappa shape index (κ3) is 3.83. The molecule has 1 amide bonds. The molecule has 0 bridgehead atoms. The van der Waals surface area contributed by atoms with Crippen LogP contribution in [0.3, 0.4) is 0 Å². The van der Waals surface area contributed by atoms with E-state index in [1.54, 1.807) is 12.3 Å². The van der Waals surface area contributed by atoms with Crippen LogP contribution < -0.4 is 5.32 Å². The Kier molecular flexibility index (Phi) is 4.74. The standard InChI is InChI=1S/C13H10ClN3O5/c14-9-4-3-8(6-11(9)17(20)21)16-12(18)7-22-13(19)10-2-1-5-15-10/h1-6,15H,7H2,(H,16,18). The molecule has 2 rings (SSSR count). The second kappa shape index (κ2) is 6.72. The van der Waals surface area contributed by atoms with Crippen LogP contribution in [-0.2, 0) is 9.53 Å². The summed E-state index contributed by atoms with van der Waals surface area (Å²) >= 11 is 5.66. The number of nitro groups is 1. The van der Waals surface area contributed by atoms with E-state index in [1.807, 2.05) is 0 Å². The first kappa shape index (κ1) is 15.5. The summed E-state index contributed by atoms with van der Waals surface area (Å²) in [5, 5.41) is 13.1. The van der Waals surface area contributed by atoms with Crippen molar-refractivity contribution in [1.29, 1.82) is 0 Å². The van der Waals surface area contributed by atoms with E-state index in [0.717, 1.165) is 6.07 Å². The van der Waals surface area contributed by atoms with E-state index in [-0.39, 0.29) is 22.1 Å². The number of halogens is 1. The van der Waals surface area contributed by atoms with Crippen molar-refractivity contribution in [2.24, 2.45) is 0 Å². The summed E-state index contributed by atoms with van der Waals surface area (Å²) in [6, 6.07) is 6.93. The van der Waals surface area contributed by atoms with Gasteiger partial charge in [0.05, 0.1) is 4.92 Å². The third-order valence-corrected chi connectivity index (χ3v) is 2.90. The van der Waals surface area contributed by atoms with Crippen LogP contribution in [0.5, 0.6) is 0 Å². The topological polar surface area (TPSA) is 114 Å². The molecule has 9 heteroatoms. The van der Waals surface area contributed by atoms with Crippen molar-refractivity contribution in [2.75, 3.05) is 11.9 Å². The number of anilines is 1. The molecular formula is C13H10ClN3O5. The Labute approximate surface area is 129 Å². The molecule has 0 radical (unpaired) electrons. The number of nitrogens with one attached hydrogen (secondary N) is 2. The van der Waals surface area contributed by atoms with Gasteiger partial charge in [-0.2, -0.15) is 0 Å². The number of amides is 1. The van der Waals surface area contributed by atoms with Gasteiger partial charge in [-0.3, -0.25) is 14.9 Å². The van der Waals surface area contributed by atoms with E-state index < -0.39 is 23.4 Å². The van der Waals surface area contributed by atoms with Crippen LogP contribution in [0, 0.1) is 10.1 Å². The summed E-state index contributed by atoms with van der Waals surface area (Å²) in [4.78, 5) is 35.9. The molecule has 0 aliphatic carbocycles. The summed E-state index contributed by atoms with van der Waals surface area (Å²) in [6.07, 6.45) is 1.55. The van der Waals surface area contributed by atoms with Crippen LogP contribution in [0.15, 0.2) is 36.5 Å². The highest BCUT2D eigenvalue weighted by molar-refractivity contribution is 6.32. The van der Waals surface area contributed by atoms with E-state index >= 15 is 0 Å². The highest BCUT2D eigenvalue weighted by Gasteiger charge is 2.15. The Morgan fingerprint density at radius 1 is 1.36 bits per heavy atom. The Hall–Kier alpha value is -2.87. The number of ether oxygens (including phenoxy) is 1. The molecule has 2 N–H and O–H groups in total. The zero-order valence-electron chi connectivity index (χ0n) is 11.0. The molecule has 2 aromatic rings. The number of nitro benzene ring substituents is 1. The van der Waals surface area contributed by atoms with Crippen LogP contribution in [0.4, 0.5) is 11.4 Å². The minimum absolute atomic E-state index is 0.0406. The van der Waals surface area contributed by atoms with Gasteiger partial charge >= 0.3 is 5.97 Å². The van der Waals surface area contributed by atoms with Gasteiger partial charge in [-0.25, -0.2) is 4.79 Å². The fourth-order valence-corrected chi connectivity index (χ4v) is 1.78. The minimum atomic E-state index is -0.678. The second-order valence-electron chi connectivity index (χ2n) is 4.13. The van der Waals surface area contributed by atoms with E-state index in [9.17, 15) is 19.7 Å². The minimum Gasteiger partial charge on any atom is -0.451 e. The molecule has 114 valence electrons. The number of aromatic nitrogens is 1. The SMILES string of the molecule is O=C(COC(=O)c1ccc[nH]1)Nc1ccc(Cl)c([N+](=O)[O-])c1. The van der Waals surface area contributed by atoms with Gasteiger partial charge in [-0.15, -0.1) is 0 Å². The predicted molar refractivity (Wildman–Crippen MR) is 77.8 cm³/mol. The molecule has 0 saturated carbocycles. The van der Waals surface area contributed by atoms with Gasteiger partial charge in [0.2, 0.25) is 0 Å². The van der Waals surface area contributed by atoms with Crippen LogP contribution in [0.1, 0.15) is 10.5 Å². The van der Waals surface area contributed by atoms with Gasteiger partial charge < -0.3 is 15.0 Å². The lowest BCUT2D eigenvalue weighted by Gasteiger charge is -2.06. The maximum absolute atomic E-state index is 11.7. The quantitative estimate of drug-likeness (QED) is 0.498. The van der Waals surface area contributed by atoms with Gasteiger partial charge in [-0.1, -0.05) is 11.6 Å². The highest BCUT2D eigenvalue weighted by atomic mass is 35.5. The Balaban J connectivity index is 1.93. The maximum atomic E-state index is 11.7. The fraction of sp³-hybridized carbons (Fsp3) is 0.0769. The fourth-order valence-electron chi connectivity index (χ4n) is 1.59. The van der Waals surface area contributed by atoms with Crippen molar-refractivity contribution in [3.8, 4) is 0 Å². The number of rotatable bonds is 5. The van der Waals surface area contributed by atoms with E-state index in [2.05, 4.69) is 10.3 Å². The zero-order chi connectivity index (χ0) is 16.1. The molecule has 22 heavy (non-hydrogen) atoms. The van der Waals surface area contributed by atoms with Crippen LogP contribution in [0.2, 0.25) is 5.02 Å². The van der Waals surface area contributed by atoms with Crippen molar-refractivity contribution >= 4 is 34.9 Å². The lowest BCUT2D eigenvalue weighted by molar-refractivity contribution is -0.384. The number of hydrogen-bond acceptors (Lipinski definition) is 5. The summed E-state index contributed by atoms with van der Waals surface area (Å²) in [7, 11) is 0. The van der Waals surface area contributed by atoms with Gasteiger partial charge in [0.1, 0.15) is 10.7 Å². The molecular weight excluding hydrogens is 314 g/mol. The molecule has 0 aliphatic rings. The van der Waals surface area contributed by atoms with E-state index in [4.69, 9.17) is 16.3 Å². The molecule has 0 unspecified atom stereocenters. The molecule has 0 aliphatic heterocycles. The summed E-state index contributed by atoms with van der Waals surface area (Å²) in [5.41, 5.74) is 0.0646. The zero-order valence-corrected chi connectivity index (χ0v) is 11.8. The monoisotopic (exact) mass is 323 g/mol. The molecule has 8 nitrogen and oxygen atoms in total. The molecule has 0 atom stereocenters. The first-order valence-electron chi connectivity index (χ1n) is 6.01.